The fraction of sp³-hybridized carbons (Fsp3) is 0.364. The van der Waals surface area contributed by atoms with Crippen molar-refractivity contribution >= 4 is 49.9 Å². The normalized spacial score (nSPS) is 12.8. The van der Waals surface area contributed by atoms with Crippen molar-refractivity contribution in [3.63, 3.8) is 0 Å². The number of hydrogen-bond donors (Lipinski definition) is 2. The first-order chi connectivity index (χ1) is 16.9. The topological polar surface area (TPSA) is 122 Å². The van der Waals surface area contributed by atoms with Gasteiger partial charge in [-0.05, 0) is 28.9 Å². The van der Waals surface area contributed by atoms with Crippen LogP contribution in [0.5, 0.6) is 0 Å². The highest BCUT2D eigenvalue weighted by molar-refractivity contribution is 9.10. The molecule has 0 saturated heterocycles. The van der Waals surface area contributed by atoms with E-state index >= 15 is 0 Å². The first-order valence-electron chi connectivity index (χ1n) is 10.9. The molecule has 0 aromatic carbocycles. The summed E-state index contributed by atoms with van der Waals surface area (Å²) >= 11 is 3.40. The summed E-state index contributed by atoms with van der Waals surface area (Å²) in [5.41, 5.74) is 1.93. The van der Waals surface area contributed by atoms with Gasteiger partial charge in [0.1, 0.15) is 29.6 Å². The van der Waals surface area contributed by atoms with Crippen LogP contribution in [0.1, 0.15) is 25.7 Å². The molecule has 36 heavy (non-hydrogen) atoms. The first kappa shape index (κ1) is 25.5. The third-order valence-electron chi connectivity index (χ3n) is 5.68. The molecule has 0 radical (unpaired) electrons. The fourth-order valence-electron chi connectivity index (χ4n) is 3.69. The van der Waals surface area contributed by atoms with Gasteiger partial charge in [0.15, 0.2) is 11.5 Å². The van der Waals surface area contributed by atoms with Crippen molar-refractivity contribution in [3.05, 3.63) is 35.0 Å². The van der Waals surface area contributed by atoms with Crippen LogP contribution in [0.2, 0.25) is 0 Å². The predicted molar refractivity (Wildman–Crippen MR) is 129 cm³/mol. The predicted octanol–water partition coefficient (Wildman–Crippen LogP) is 3.39. The number of carbonyl (C=O) groups excluding carboxylic acids is 2. The van der Waals surface area contributed by atoms with Crippen LogP contribution >= 0.6 is 15.9 Å². The average molecular weight is 567 g/mol. The van der Waals surface area contributed by atoms with Crippen molar-refractivity contribution in [2.45, 2.75) is 32.5 Å². The molecule has 0 spiro atoms. The van der Waals surface area contributed by atoms with Gasteiger partial charge >= 0.3 is 6.18 Å². The maximum absolute atomic E-state index is 12.7. The highest BCUT2D eigenvalue weighted by atomic mass is 79.9. The van der Waals surface area contributed by atoms with Gasteiger partial charge < -0.3 is 19.8 Å². The van der Waals surface area contributed by atoms with Gasteiger partial charge in [-0.3, -0.25) is 9.59 Å². The molecule has 0 fully saturated rings. The van der Waals surface area contributed by atoms with E-state index in [1.54, 1.807) is 19.4 Å². The summed E-state index contributed by atoms with van der Waals surface area (Å²) in [6.07, 6.45) is 0.549. The van der Waals surface area contributed by atoms with E-state index in [1.807, 2.05) is 11.4 Å². The fourth-order valence-corrected chi connectivity index (χ4v) is 4.02. The van der Waals surface area contributed by atoms with Crippen molar-refractivity contribution in [1.82, 2.24) is 39.7 Å². The van der Waals surface area contributed by atoms with Crippen molar-refractivity contribution in [3.8, 4) is 11.4 Å². The number of nitrogens with zero attached hydrogens (tertiary/aromatic N) is 6. The Morgan fingerprint density at radius 1 is 1.25 bits per heavy atom. The van der Waals surface area contributed by atoms with E-state index in [9.17, 15) is 22.8 Å². The summed E-state index contributed by atoms with van der Waals surface area (Å²) in [5.74, 6) is -0.282. The number of halogens is 4. The number of carbonyl (C=O) groups is 2. The summed E-state index contributed by atoms with van der Waals surface area (Å²) in [6, 6.07) is 0.798. The van der Waals surface area contributed by atoms with Crippen LogP contribution in [0.15, 0.2) is 29.1 Å². The minimum absolute atomic E-state index is 0.158. The van der Waals surface area contributed by atoms with E-state index in [2.05, 4.69) is 40.8 Å². The zero-order chi connectivity index (χ0) is 26.2. The minimum atomic E-state index is -4.55. The SMILES string of the molecule is CC(=O)N(C)CCc1nc2cnc(-c3c[nH]c4ncc(Br)cc34)nc2n1C(C)C(=O)NCC(F)(F)F. The van der Waals surface area contributed by atoms with Gasteiger partial charge in [-0.15, -0.1) is 0 Å². The lowest BCUT2D eigenvalue weighted by Crippen LogP contribution is -2.38. The van der Waals surface area contributed by atoms with Crippen molar-refractivity contribution < 1.29 is 22.8 Å². The number of aromatic nitrogens is 6. The molecule has 0 aliphatic rings. The van der Waals surface area contributed by atoms with Crippen molar-refractivity contribution in [1.29, 1.82) is 0 Å². The average Bonchev–Trinajstić information content (AvgIpc) is 3.40. The number of pyridine rings is 1. The number of aromatic amines is 1. The molecule has 0 aliphatic carbocycles. The molecule has 4 heterocycles. The minimum Gasteiger partial charge on any atom is -0.346 e. The molecule has 4 rings (SSSR count). The highest BCUT2D eigenvalue weighted by Crippen LogP contribution is 2.29. The van der Waals surface area contributed by atoms with Crippen molar-refractivity contribution in [2.75, 3.05) is 20.1 Å². The summed E-state index contributed by atoms with van der Waals surface area (Å²) in [6.45, 7) is 1.72. The number of likely N-dealkylation sites (N-methyl/N-ethyl adjacent to an activating group) is 1. The third-order valence-corrected chi connectivity index (χ3v) is 6.12. The van der Waals surface area contributed by atoms with Gasteiger partial charge in [-0.2, -0.15) is 13.2 Å². The van der Waals surface area contributed by atoms with E-state index < -0.39 is 24.7 Å². The number of amides is 2. The first-order valence-corrected chi connectivity index (χ1v) is 11.7. The molecule has 190 valence electrons. The summed E-state index contributed by atoms with van der Waals surface area (Å²) in [5, 5.41) is 2.68. The van der Waals surface area contributed by atoms with Gasteiger partial charge in [-0.1, -0.05) is 0 Å². The Bertz CT molecular complexity index is 1450. The molecule has 4 aromatic heterocycles. The Kier molecular flexibility index (Phi) is 6.98. The summed E-state index contributed by atoms with van der Waals surface area (Å²) in [4.78, 5) is 46.7. The number of imidazole rings is 1. The Morgan fingerprint density at radius 3 is 2.69 bits per heavy atom. The van der Waals surface area contributed by atoms with Gasteiger partial charge in [0.05, 0.1) is 6.20 Å². The van der Waals surface area contributed by atoms with E-state index in [0.717, 1.165) is 9.86 Å². The standard InChI is InChI=1S/C22H22BrF3N8O2/c1-11(21(36)30-10-22(24,25)26)34-17(4-5-33(3)12(2)35)31-16-9-29-19(32-20(16)34)15-8-28-18-14(15)6-13(23)7-27-18/h6-9,11H,4-5,10H2,1-3H3,(H,27,28)(H,30,36). The molecule has 2 amide bonds. The second-order valence-electron chi connectivity index (χ2n) is 8.25. The molecule has 0 bridgehead atoms. The van der Waals surface area contributed by atoms with Crippen LogP contribution in [0.4, 0.5) is 13.2 Å². The molecular weight excluding hydrogens is 545 g/mol. The van der Waals surface area contributed by atoms with Crippen LogP contribution in [-0.2, 0) is 16.0 Å². The Hall–Kier alpha value is -3.55. The highest BCUT2D eigenvalue weighted by Gasteiger charge is 2.30. The second-order valence-corrected chi connectivity index (χ2v) is 9.17. The molecule has 0 saturated carbocycles. The molecular formula is C22H22BrF3N8O2. The lowest BCUT2D eigenvalue weighted by atomic mass is 10.2. The van der Waals surface area contributed by atoms with Crippen LogP contribution < -0.4 is 5.32 Å². The molecule has 10 nitrogen and oxygen atoms in total. The third kappa shape index (κ3) is 5.32. The zero-order valence-electron chi connectivity index (χ0n) is 19.5. The van der Waals surface area contributed by atoms with Gasteiger partial charge in [0.2, 0.25) is 11.8 Å². The molecule has 1 unspecified atom stereocenters. The molecule has 1 atom stereocenters. The molecule has 2 N–H and O–H groups in total. The monoisotopic (exact) mass is 566 g/mol. The van der Waals surface area contributed by atoms with Gasteiger partial charge in [0, 0.05) is 54.8 Å². The van der Waals surface area contributed by atoms with Crippen molar-refractivity contribution in [2.24, 2.45) is 0 Å². The maximum atomic E-state index is 12.7. The number of H-pyrrole nitrogens is 1. The van der Waals surface area contributed by atoms with E-state index in [4.69, 9.17) is 0 Å². The number of nitrogens with one attached hydrogen (secondary N) is 2. The van der Waals surface area contributed by atoms with E-state index in [-0.39, 0.29) is 24.5 Å². The smallest absolute Gasteiger partial charge is 0.346 e. The van der Waals surface area contributed by atoms with E-state index in [0.29, 0.717) is 28.4 Å². The zero-order valence-corrected chi connectivity index (χ0v) is 21.1. The summed E-state index contributed by atoms with van der Waals surface area (Å²) < 4.78 is 40.4. The maximum Gasteiger partial charge on any atom is 0.405 e. The number of hydrogen-bond acceptors (Lipinski definition) is 6. The van der Waals surface area contributed by atoms with Gasteiger partial charge in [-0.25, -0.2) is 19.9 Å². The number of rotatable bonds is 7. The Balaban J connectivity index is 1.79. The molecule has 4 aromatic rings. The van der Waals surface area contributed by atoms with Gasteiger partial charge in [0.25, 0.3) is 0 Å². The van der Waals surface area contributed by atoms with Crippen LogP contribution in [0.25, 0.3) is 33.6 Å². The quantitative estimate of drug-likeness (QED) is 0.353. The Morgan fingerprint density at radius 2 is 2.00 bits per heavy atom. The summed E-state index contributed by atoms with van der Waals surface area (Å²) in [7, 11) is 1.62. The second kappa shape index (κ2) is 9.84. The lowest BCUT2D eigenvalue weighted by Gasteiger charge is -2.19. The lowest BCUT2D eigenvalue weighted by molar-refractivity contribution is -0.140. The van der Waals surface area contributed by atoms with Crippen LogP contribution in [0, 0.1) is 0 Å². The number of alkyl halides is 3. The largest absolute Gasteiger partial charge is 0.405 e. The molecule has 14 heteroatoms. The van der Waals surface area contributed by atoms with Crippen LogP contribution in [-0.4, -0.2) is 72.5 Å². The molecule has 0 aliphatic heterocycles. The Labute approximate surface area is 211 Å². The number of fused-ring (bicyclic) bond motifs is 2. The van der Waals surface area contributed by atoms with Crippen LogP contribution in [0.3, 0.4) is 0 Å². The van der Waals surface area contributed by atoms with E-state index in [1.165, 1.54) is 29.5 Å².